The molecule has 2 aromatic carbocycles. The van der Waals surface area contributed by atoms with Crippen LogP contribution in [0.5, 0.6) is 0 Å². The zero-order chi connectivity index (χ0) is 16.4. The molecular formula is C17H12F2N2O2. The molecule has 0 atom stereocenters. The van der Waals surface area contributed by atoms with E-state index in [0.717, 1.165) is 29.3 Å². The lowest BCUT2D eigenvalue weighted by Gasteiger charge is -2.07. The fourth-order valence-corrected chi connectivity index (χ4v) is 2.43. The van der Waals surface area contributed by atoms with Crippen LogP contribution in [-0.4, -0.2) is 16.8 Å². The van der Waals surface area contributed by atoms with Crippen LogP contribution in [0.3, 0.4) is 0 Å². The highest BCUT2D eigenvalue weighted by atomic mass is 19.2. The summed E-state index contributed by atoms with van der Waals surface area (Å²) in [6.07, 6.45) is 2.31. The Balaban J connectivity index is 1.83. The number of carbonyl (C=O) groups excluding carboxylic acids is 2. The van der Waals surface area contributed by atoms with Crippen LogP contribution in [0.2, 0.25) is 0 Å². The number of carbonyl (C=O) groups is 2. The van der Waals surface area contributed by atoms with Crippen LogP contribution in [0.25, 0.3) is 10.9 Å². The molecule has 4 nitrogen and oxygen atoms in total. The quantitative estimate of drug-likeness (QED) is 0.751. The predicted molar refractivity (Wildman–Crippen MR) is 82.3 cm³/mol. The van der Waals surface area contributed by atoms with Crippen molar-refractivity contribution in [1.29, 1.82) is 0 Å². The summed E-state index contributed by atoms with van der Waals surface area (Å²) in [5.41, 5.74) is 1.40. The van der Waals surface area contributed by atoms with Crippen molar-refractivity contribution in [3.63, 3.8) is 0 Å². The van der Waals surface area contributed by atoms with E-state index in [0.29, 0.717) is 5.56 Å². The molecule has 0 aliphatic rings. The van der Waals surface area contributed by atoms with Gasteiger partial charge in [-0.3, -0.25) is 9.59 Å². The Kier molecular flexibility index (Phi) is 3.89. The van der Waals surface area contributed by atoms with Crippen LogP contribution in [0.1, 0.15) is 10.4 Å². The maximum absolute atomic E-state index is 13.1. The number of fused-ring (bicyclic) bond motifs is 1. The number of nitrogens with one attached hydrogen (secondary N) is 1. The molecule has 3 rings (SSSR count). The maximum Gasteiger partial charge on any atom is 0.244 e. The van der Waals surface area contributed by atoms with E-state index < -0.39 is 17.5 Å². The summed E-state index contributed by atoms with van der Waals surface area (Å²) in [5, 5.41) is 3.25. The molecule has 0 fully saturated rings. The summed E-state index contributed by atoms with van der Waals surface area (Å²) >= 11 is 0. The molecule has 6 heteroatoms. The monoisotopic (exact) mass is 314 g/mol. The highest BCUT2D eigenvalue weighted by Gasteiger charge is 2.11. The Hall–Kier alpha value is -3.02. The Morgan fingerprint density at radius 2 is 1.91 bits per heavy atom. The van der Waals surface area contributed by atoms with Crippen molar-refractivity contribution in [1.82, 2.24) is 4.57 Å². The number of rotatable bonds is 4. The van der Waals surface area contributed by atoms with Crippen molar-refractivity contribution < 1.29 is 18.4 Å². The second kappa shape index (κ2) is 6.00. The minimum Gasteiger partial charge on any atom is -0.337 e. The number of halogens is 2. The summed E-state index contributed by atoms with van der Waals surface area (Å²) in [7, 11) is 0. The summed E-state index contributed by atoms with van der Waals surface area (Å²) in [6, 6.07) is 10.3. The SMILES string of the molecule is O=Cc1cn(CC(=O)Nc2ccc(F)c(F)c2)c2ccccc12. The van der Waals surface area contributed by atoms with Crippen molar-refractivity contribution in [3.05, 3.63) is 65.9 Å². The lowest BCUT2D eigenvalue weighted by Crippen LogP contribution is -2.18. The highest BCUT2D eigenvalue weighted by Crippen LogP contribution is 2.20. The van der Waals surface area contributed by atoms with Gasteiger partial charge in [0.05, 0.1) is 0 Å². The van der Waals surface area contributed by atoms with E-state index in [2.05, 4.69) is 5.32 Å². The third kappa shape index (κ3) is 2.96. The Morgan fingerprint density at radius 1 is 1.13 bits per heavy atom. The topological polar surface area (TPSA) is 51.1 Å². The summed E-state index contributed by atoms with van der Waals surface area (Å²) < 4.78 is 27.7. The fourth-order valence-electron chi connectivity index (χ4n) is 2.43. The normalized spacial score (nSPS) is 10.7. The van der Waals surface area contributed by atoms with Crippen molar-refractivity contribution in [2.75, 3.05) is 5.32 Å². The number of hydrogen-bond donors (Lipinski definition) is 1. The third-order valence-electron chi connectivity index (χ3n) is 3.46. The number of aldehydes is 1. The van der Waals surface area contributed by atoms with Gasteiger partial charge >= 0.3 is 0 Å². The van der Waals surface area contributed by atoms with Crippen molar-refractivity contribution in [3.8, 4) is 0 Å². The minimum absolute atomic E-state index is 0.0483. The number of amides is 1. The molecule has 1 amide bonds. The van der Waals surface area contributed by atoms with Gasteiger partial charge in [0.1, 0.15) is 6.54 Å². The van der Waals surface area contributed by atoms with Gasteiger partial charge in [-0.2, -0.15) is 0 Å². The van der Waals surface area contributed by atoms with Gasteiger partial charge in [0, 0.05) is 34.4 Å². The summed E-state index contributed by atoms with van der Waals surface area (Å²) in [6.45, 7) is -0.0483. The maximum atomic E-state index is 13.1. The molecule has 0 radical (unpaired) electrons. The van der Waals surface area contributed by atoms with Crippen molar-refractivity contribution >= 4 is 28.8 Å². The van der Waals surface area contributed by atoms with Crippen molar-refractivity contribution in [2.45, 2.75) is 6.54 Å². The van der Waals surface area contributed by atoms with Gasteiger partial charge in [0.25, 0.3) is 0 Å². The number of nitrogens with zero attached hydrogens (tertiary/aromatic N) is 1. The molecule has 0 bridgehead atoms. The standard InChI is InChI=1S/C17H12F2N2O2/c18-14-6-5-12(7-15(14)19)20-17(23)9-21-8-11(10-22)13-3-1-2-4-16(13)21/h1-8,10H,9H2,(H,20,23). The molecule has 23 heavy (non-hydrogen) atoms. The average molecular weight is 314 g/mol. The van der Waals surface area contributed by atoms with E-state index in [-0.39, 0.29) is 12.2 Å². The van der Waals surface area contributed by atoms with Gasteiger partial charge in [0.15, 0.2) is 17.9 Å². The lowest BCUT2D eigenvalue weighted by molar-refractivity contribution is -0.116. The van der Waals surface area contributed by atoms with E-state index in [4.69, 9.17) is 0 Å². The first-order valence-corrected chi connectivity index (χ1v) is 6.86. The number of para-hydroxylation sites is 1. The van der Waals surface area contributed by atoms with Gasteiger partial charge in [-0.1, -0.05) is 18.2 Å². The first kappa shape index (κ1) is 14.9. The molecule has 0 unspecified atom stereocenters. The molecule has 3 aromatic rings. The van der Waals surface area contributed by atoms with E-state index in [1.54, 1.807) is 35.0 Å². The van der Waals surface area contributed by atoms with Gasteiger partial charge < -0.3 is 9.88 Å². The first-order valence-electron chi connectivity index (χ1n) is 6.86. The highest BCUT2D eigenvalue weighted by molar-refractivity contribution is 5.99. The van der Waals surface area contributed by atoms with Crippen LogP contribution in [-0.2, 0) is 11.3 Å². The number of hydrogen-bond acceptors (Lipinski definition) is 2. The van der Waals surface area contributed by atoms with Crippen LogP contribution < -0.4 is 5.32 Å². The van der Waals surface area contributed by atoms with E-state index in [1.807, 2.05) is 0 Å². The van der Waals surface area contributed by atoms with Crippen LogP contribution in [0, 0.1) is 11.6 Å². The van der Waals surface area contributed by atoms with Crippen molar-refractivity contribution in [2.24, 2.45) is 0 Å². The Bertz CT molecular complexity index is 903. The molecule has 0 saturated heterocycles. The molecule has 0 spiro atoms. The zero-order valence-corrected chi connectivity index (χ0v) is 11.9. The molecule has 0 saturated carbocycles. The molecule has 1 aromatic heterocycles. The molecule has 116 valence electrons. The molecule has 1 N–H and O–H groups in total. The predicted octanol–water partition coefficient (Wildman–Crippen LogP) is 3.37. The van der Waals surface area contributed by atoms with E-state index >= 15 is 0 Å². The Morgan fingerprint density at radius 3 is 2.65 bits per heavy atom. The number of anilines is 1. The minimum atomic E-state index is -1.03. The van der Waals surface area contributed by atoms with Gasteiger partial charge in [-0.25, -0.2) is 8.78 Å². The van der Waals surface area contributed by atoms with Gasteiger partial charge in [-0.15, -0.1) is 0 Å². The smallest absolute Gasteiger partial charge is 0.244 e. The lowest BCUT2D eigenvalue weighted by atomic mass is 10.2. The summed E-state index contributed by atoms with van der Waals surface area (Å²) in [4.78, 5) is 23.2. The van der Waals surface area contributed by atoms with Crippen LogP contribution in [0.15, 0.2) is 48.7 Å². The average Bonchev–Trinajstić information content (AvgIpc) is 2.89. The summed E-state index contributed by atoms with van der Waals surface area (Å²) in [5.74, 6) is -2.42. The third-order valence-corrected chi connectivity index (χ3v) is 3.46. The first-order chi connectivity index (χ1) is 11.1. The molecule has 0 aliphatic carbocycles. The largest absolute Gasteiger partial charge is 0.337 e. The molecule has 0 aliphatic heterocycles. The zero-order valence-electron chi connectivity index (χ0n) is 11.9. The number of benzene rings is 2. The van der Waals surface area contributed by atoms with E-state index in [9.17, 15) is 18.4 Å². The van der Waals surface area contributed by atoms with Crippen LogP contribution in [0.4, 0.5) is 14.5 Å². The number of aromatic nitrogens is 1. The molecule has 1 heterocycles. The fraction of sp³-hybridized carbons (Fsp3) is 0.0588. The van der Waals surface area contributed by atoms with Gasteiger partial charge in [0.2, 0.25) is 5.91 Å². The Labute approximate surface area is 130 Å². The van der Waals surface area contributed by atoms with Crippen LogP contribution >= 0.6 is 0 Å². The van der Waals surface area contributed by atoms with E-state index in [1.165, 1.54) is 6.07 Å². The second-order valence-electron chi connectivity index (χ2n) is 5.02. The molecular weight excluding hydrogens is 302 g/mol. The van der Waals surface area contributed by atoms with Gasteiger partial charge in [-0.05, 0) is 18.2 Å². The second-order valence-corrected chi connectivity index (χ2v) is 5.02.